The Kier molecular flexibility index (Phi) is 2.75. The van der Waals surface area contributed by atoms with Crippen molar-refractivity contribution in [2.45, 2.75) is 12.8 Å². The third-order valence-electron chi connectivity index (χ3n) is 2.10. The van der Waals surface area contributed by atoms with E-state index in [0.717, 1.165) is 18.7 Å². The molecule has 6 heteroatoms. The van der Waals surface area contributed by atoms with E-state index in [1.54, 1.807) is 16.8 Å². The number of nitrogen functional groups attached to an aromatic ring is 1. The molecule has 4 N–H and O–H groups in total. The molecule has 0 unspecified atom stereocenters. The van der Waals surface area contributed by atoms with E-state index in [1.807, 2.05) is 0 Å². The molecule has 80 valence electrons. The average Bonchev–Trinajstić information content (AvgIpc) is 2.58. The lowest BCUT2D eigenvalue weighted by atomic mass is 10.3. The zero-order chi connectivity index (χ0) is 10.8. The highest BCUT2D eigenvalue weighted by molar-refractivity contribution is 6.33. The van der Waals surface area contributed by atoms with Crippen molar-refractivity contribution in [3.05, 3.63) is 23.1 Å². The SMILES string of the molecule is NCCCc1nc2cc(Cl)c(N)cn2n1. The van der Waals surface area contributed by atoms with Gasteiger partial charge in [-0.2, -0.15) is 5.10 Å². The molecule has 0 aromatic carbocycles. The Morgan fingerprint density at radius 2 is 2.27 bits per heavy atom. The van der Waals surface area contributed by atoms with Crippen LogP contribution in [-0.4, -0.2) is 21.1 Å². The summed E-state index contributed by atoms with van der Waals surface area (Å²) in [6, 6.07) is 1.70. The summed E-state index contributed by atoms with van der Waals surface area (Å²) in [5.74, 6) is 0.766. The molecule has 0 fully saturated rings. The van der Waals surface area contributed by atoms with E-state index in [4.69, 9.17) is 23.1 Å². The summed E-state index contributed by atoms with van der Waals surface area (Å²) >= 11 is 5.88. The van der Waals surface area contributed by atoms with Gasteiger partial charge in [0.15, 0.2) is 11.5 Å². The number of aromatic nitrogens is 3. The predicted octanol–water partition coefficient (Wildman–Crippen LogP) is 0.856. The number of hydrogen-bond donors (Lipinski definition) is 2. The molecule has 0 aliphatic carbocycles. The summed E-state index contributed by atoms with van der Waals surface area (Å²) in [6.45, 7) is 0.637. The van der Waals surface area contributed by atoms with Gasteiger partial charge < -0.3 is 11.5 Å². The predicted molar refractivity (Wildman–Crippen MR) is 59.8 cm³/mol. The maximum atomic E-state index is 5.88. The van der Waals surface area contributed by atoms with Gasteiger partial charge in [0.05, 0.1) is 16.9 Å². The van der Waals surface area contributed by atoms with Gasteiger partial charge in [-0.1, -0.05) is 11.6 Å². The molecule has 0 saturated heterocycles. The van der Waals surface area contributed by atoms with E-state index in [0.29, 0.717) is 22.9 Å². The Labute approximate surface area is 92.0 Å². The average molecular weight is 226 g/mol. The van der Waals surface area contributed by atoms with Gasteiger partial charge in [0, 0.05) is 12.5 Å². The number of hydrogen-bond acceptors (Lipinski definition) is 4. The first-order valence-corrected chi connectivity index (χ1v) is 5.09. The normalized spacial score (nSPS) is 11.1. The van der Waals surface area contributed by atoms with Crippen molar-refractivity contribution in [3.63, 3.8) is 0 Å². The topological polar surface area (TPSA) is 82.2 Å². The lowest BCUT2D eigenvalue weighted by Gasteiger charge is -1.96. The fourth-order valence-corrected chi connectivity index (χ4v) is 1.48. The van der Waals surface area contributed by atoms with Crippen LogP contribution in [0.1, 0.15) is 12.2 Å². The molecule has 2 heterocycles. The van der Waals surface area contributed by atoms with Gasteiger partial charge in [-0.15, -0.1) is 0 Å². The molecule has 0 aliphatic rings. The monoisotopic (exact) mass is 225 g/mol. The fourth-order valence-electron chi connectivity index (χ4n) is 1.33. The Hall–Kier alpha value is -1.33. The molecule has 2 aromatic rings. The molecular weight excluding hydrogens is 214 g/mol. The largest absolute Gasteiger partial charge is 0.396 e. The number of pyridine rings is 1. The van der Waals surface area contributed by atoms with Crippen LogP contribution in [0, 0.1) is 0 Å². The van der Waals surface area contributed by atoms with Gasteiger partial charge in [-0.25, -0.2) is 9.50 Å². The van der Waals surface area contributed by atoms with Gasteiger partial charge in [0.2, 0.25) is 0 Å². The van der Waals surface area contributed by atoms with Crippen LogP contribution in [-0.2, 0) is 6.42 Å². The first-order valence-electron chi connectivity index (χ1n) is 4.71. The molecule has 5 nitrogen and oxygen atoms in total. The molecule has 2 rings (SSSR count). The fraction of sp³-hybridized carbons (Fsp3) is 0.333. The Morgan fingerprint density at radius 3 is 3.00 bits per heavy atom. The van der Waals surface area contributed by atoms with Crippen LogP contribution in [0.2, 0.25) is 5.02 Å². The lowest BCUT2D eigenvalue weighted by molar-refractivity contribution is 0.774. The maximum absolute atomic E-state index is 5.88. The van der Waals surface area contributed by atoms with Crippen LogP contribution < -0.4 is 11.5 Å². The van der Waals surface area contributed by atoms with Crippen LogP contribution in [0.25, 0.3) is 5.65 Å². The van der Waals surface area contributed by atoms with E-state index in [2.05, 4.69) is 10.1 Å². The number of halogens is 1. The van der Waals surface area contributed by atoms with E-state index >= 15 is 0 Å². The van der Waals surface area contributed by atoms with Gasteiger partial charge in [-0.3, -0.25) is 0 Å². The van der Waals surface area contributed by atoms with Crippen LogP contribution in [0.15, 0.2) is 12.3 Å². The summed E-state index contributed by atoms with van der Waals surface area (Å²) in [5.41, 5.74) is 12.3. The lowest BCUT2D eigenvalue weighted by Crippen LogP contribution is -2.01. The van der Waals surface area contributed by atoms with Crippen molar-refractivity contribution in [1.29, 1.82) is 0 Å². The van der Waals surface area contributed by atoms with Crippen LogP contribution in [0.5, 0.6) is 0 Å². The van der Waals surface area contributed by atoms with E-state index in [9.17, 15) is 0 Å². The minimum atomic E-state index is 0.499. The number of nitrogens with two attached hydrogens (primary N) is 2. The van der Waals surface area contributed by atoms with Gasteiger partial charge in [0.1, 0.15) is 0 Å². The van der Waals surface area contributed by atoms with Crippen molar-refractivity contribution in [2.75, 3.05) is 12.3 Å². The Balaban J connectivity index is 2.38. The van der Waals surface area contributed by atoms with Crippen LogP contribution >= 0.6 is 11.6 Å². The number of fused-ring (bicyclic) bond motifs is 1. The summed E-state index contributed by atoms with van der Waals surface area (Å²) in [6.07, 6.45) is 3.31. The maximum Gasteiger partial charge on any atom is 0.157 e. The number of rotatable bonds is 3. The summed E-state index contributed by atoms with van der Waals surface area (Å²) in [7, 11) is 0. The first-order chi connectivity index (χ1) is 7.20. The minimum absolute atomic E-state index is 0.499. The van der Waals surface area contributed by atoms with E-state index < -0.39 is 0 Å². The quantitative estimate of drug-likeness (QED) is 0.812. The Bertz CT molecular complexity index is 440. The van der Waals surface area contributed by atoms with E-state index in [1.165, 1.54) is 0 Å². The molecule has 0 aliphatic heterocycles. The molecular formula is C9H12ClN5. The highest BCUT2D eigenvalue weighted by Crippen LogP contribution is 2.19. The highest BCUT2D eigenvalue weighted by atomic mass is 35.5. The second-order valence-electron chi connectivity index (χ2n) is 3.30. The van der Waals surface area contributed by atoms with Crippen molar-refractivity contribution in [3.8, 4) is 0 Å². The van der Waals surface area contributed by atoms with Crippen LogP contribution in [0.3, 0.4) is 0 Å². The number of aryl methyl sites for hydroxylation is 1. The molecule has 0 amide bonds. The van der Waals surface area contributed by atoms with E-state index in [-0.39, 0.29) is 0 Å². The Morgan fingerprint density at radius 1 is 1.47 bits per heavy atom. The van der Waals surface area contributed by atoms with Crippen molar-refractivity contribution in [1.82, 2.24) is 14.6 Å². The summed E-state index contributed by atoms with van der Waals surface area (Å²) in [4.78, 5) is 4.31. The zero-order valence-corrected chi connectivity index (χ0v) is 8.91. The molecule has 15 heavy (non-hydrogen) atoms. The van der Waals surface area contributed by atoms with Crippen molar-refractivity contribution in [2.24, 2.45) is 5.73 Å². The number of anilines is 1. The standard InChI is InChI=1S/C9H12ClN5/c10-6-4-9-13-8(2-1-3-11)14-15(9)5-7(6)12/h4-5H,1-3,11-12H2. The molecule has 0 atom stereocenters. The summed E-state index contributed by atoms with van der Waals surface area (Å²) < 4.78 is 1.63. The smallest absolute Gasteiger partial charge is 0.157 e. The third-order valence-corrected chi connectivity index (χ3v) is 2.43. The second-order valence-corrected chi connectivity index (χ2v) is 3.71. The second kappa shape index (κ2) is 4.04. The van der Waals surface area contributed by atoms with Crippen molar-refractivity contribution < 1.29 is 0 Å². The zero-order valence-electron chi connectivity index (χ0n) is 8.15. The minimum Gasteiger partial charge on any atom is -0.396 e. The molecule has 0 radical (unpaired) electrons. The highest BCUT2D eigenvalue weighted by Gasteiger charge is 2.05. The third kappa shape index (κ3) is 2.03. The van der Waals surface area contributed by atoms with Crippen molar-refractivity contribution >= 4 is 22.9 Å². The van der Waals surface area contributed by atoms with Crippen LogP contribution in [0.4, 0.5) is 5.69 Å². The molecule has 0 saturated carbocycles. The first kappa shape index (κ1) is 10.2. The van der Waals surface area contributed by atoms with Gasteiger partial charge in [0.25, 0.3) is 0 Å². The molecule has 0 spiro atoms. The summed E-state index contributed by atoms with van der Waals surface area (Å²) in [5, 5.41) is 4.76. The molecule has 0 bridgehead atoms. The van der Waals surface area contributed by atoms with Gasteiger partial charge >= 0.3 is 0 Å². The van der Waals surface area contributed by atoms with Gasteiger partial charge in [-0.05, 0) is 13.0 Å². The molecule has 2 aromatic heterocycles. The number of nitrogens with zero attached hydrogens (tertiary/aromatic N) is 3.